The molecule has 5 nitrogen and oxygen atoms in total. The van der Waals surface area contributed by atoms with E-state index in [1.54, 1.807) is 0 Å². The second kappa shape index (κ2) is 3.94. The molecule has 1 aromatic rings. The molecule has 84 valence electrons. The summed E-state index contributed by atoms with van der Waals surface area (Å²) in [6.07, 6.45) is 0.254. The van der Waals surface area contributed by atoms with Crippen LogP contribution >= 0.6 is 0 Å². The average Bonchev–Trinajstić information content (AvgIpc) is 2.27. The van der Waals surface area contributed by atoms with Gasteiger partial charge in [0.15, 0.2) is 0 Å². The van der Waals surface area contributed by atoms with Crippen molar-refractivity contribution in [1.82, 2.24) is 4.90 Å². The molecule has 0 spiro atoms. The smallest absolute Gasteiger partial charge is 0.233 e. The SMILES string of the molecule is CC(=O)N1Cc2ccc(NN)cc2CC1=O. The van der Waals surface area contributed by atoms with E-state index in [2.05, 4.69) is 5.43 Å². The zero-order valence-electron chi connectivity index (χ0n) is 8.99. The maximum atomic E-state index is 11.7. The number of rotatable bonds is 1. The minimum absolute atomic E-state index is 0.158. The van der Waals surface area contributed by atoms with E-state index in [4.69, 9.17) is 5.84 Å². The quantitative estimate of drug-likeness (QED) is 0.529. The number of hydrogen-bond donors (Lipinski definition) is 2. The number of hydrogen-bond acceptors (Lipinski definition) is 4. The predicted molar refractivity (Wildman–Crippen MR) is 59.2 cm³/mol. The number of imide groups is 1. The first-order chi connectivity index (χ1) is 7.61. The molecule has 0 aromatic heterocycles. The van der Waals surface area contributed by atoms with Crippen LogP contribution in [0.4, 0.5) is 5.69 Å². The van der Waals surface area contributed by atoms with Crippen LogP contribution in [0, 0.1) is 0 Å². The van der Waals surface area contributed by atoms with Crippen LogP contribution in [0.2, 0.25) is 0 Å². The minimum Gasteiger partial charge on any atom is -0.324 e. The normalized spacial score (nSPS) is 14.6. The van der Waals surface area contributed by atoms with Crippen molar-refractivity contribution in [3.8, 4) is 0 Å². The van der Waals surface area contributed by atoms with Crippen LogP contribution in [-0.4, -0.2) is 16.7 Å². The Kier molecular flexibility index (Phi) is 2.62. The Morgan fingerprint density at radius 2 is 2.19 bits per heavy atom. The van der Waals surface area contributed by atoms with Crippen molar-refractivity contribution in [2.75, 3.05) is 5.43 Å². The highest BCUT2D eigenvalue weighted by molar-refractivity contribution is 5.96. The molecule has 0 fully saturated rings. The highest BCUT2D eigenvalue weighted by atomic mass is 16.2. The van der Waals surface area contributed by atoms with Crippen LogP contribution in [0.15, 0.2) is 18.2 Å². The molecule has 2 rings (SSSR count). The van der Waals surface area contributed by atoms with Crippen LogP contribution in [0.3, 0.4) is 0 Å². The van der Waals surface area contributed by atoms with E-state index in [1.807, 2.05) is 18.2 Å². The van der Waals surface area contributed by atoms with Gasteiger partial charge in [-0.05, 0) is 23.3 Å². The van der Waals surface area contributed by atoms with Gasteiger partial charge in [0.05, 0.1) is 13.0 Å². The van der Waals surface area contributed by atoms with Crippen molar-refractivity contribution in [3.63, 3.8) is 0 Å². The molecule has 1 aliphatic rings. The fourth-order valence-corrected chi connectivity index (χ4v) is 1.84. The lowest BCUT2D eigenvalue weighted by Gasteiger charge is -2.26. The van der Waals surface area contributed by atoms with Gasteiger partial charge in [-0.2, -0.15) is 0 Å². The van der Waals surface area contributed by atoms with E-state index < -0.39 is 0 Å². The van der Waals surface area contributed by atoms with Gasteiger partial charge in [0.25, 0.3) is 0 Å². The van der Waals surface area contributed by atoms with Gasteiger partial charge in [-0.3, -0.25) is 20.3 Å². The molecule has 1 heterocycles. The molecule has 5 heteroatoms. The average molecular weight is 219 g/mol. The zero-order valence-corrected chi connectivity index (χ0v) is 8.99. The van der Waals surface area contributed by atoms with Gasteiger partial charge in [-0.15, -0.1) is 0 Å². The lowest BCUT2D eigenvalue weighted by molar-refractivity contribution is -0.144. The summed E-state index contributed by atoms with van der Waals surface area (Å²) >= 11 is 0. The molecule has 1 aromatic carbocycles. The fourth-order valence-electron chi connectivity index (χ4n) is 1.84. The molecule has 0 saturated carbocycles. The summed E-state index contributed by atoms with van der Waals surface area (Å²) in [5.41, 5.74) is 5.22. The Morgan fingerprint density at radius 3 is 2.81 bits per heavy atom. The third kappa shape index (κ3) is 1.77. The molecular formula is C11H13N3O2. The van der Waals surface area contributed by atoms with Crippen molar-refractivity contribution < 1.29 is 9.59 Å². The van der Waals surface area contributed by atoms with Crippen LogP contribution in [0.1, 0.15) is 18.1 Å². The van der Waals surface area contributed by atoms with Gasteiger partial charge < -0.3 is 5.43 Å². The number of nitrogens with one attached hydrogen (secondary N) is 1. The number of nitrogens with two attached hydrogens (primary N) is 1. The van der Waals surface area contributed by atoms with Crippen LogP contribution in [0.5, 0.6) is 0 Å². The van der Waals surface area contributed by atoms with E-state index >= 15 is 0 Å². The van der Waals surface area contributed by atoms with Gasteiger partial charge in [0, 0.05) is 12.6 Å². The van der Waals surface area contributed by atoms with Gasteiger partial charge in [-0.1, -0.05) is 6.07 Å². The maximum Gasteiger partial charge on any atom is 0.233 e. The second-order valence-electron chi connectivity index (χ2n) is 3.80. The van der Waals surface area contributed by atoms with Crippen LogP contribution < -0.4 is 11.3 Å². The summed E-state index contributed by atoms with van der Waals surface area (Å²) in [6, 6.07) is 5.55. The summed E-state index contributed by atoms with van der Waals surface area (Å²) < 4.78 is 0. The number of benzene rings is 1. The summed E-state index contributed by atoms with van der Waals surface area (Å²) in [4.78, 5) is 24.1. The maximum absolute atomic E-state index is 11.7. The third-order valence-corrected chi connectivity index (χ3v) is 2.72. The van der Waals surface area contributed by atoms with E-state index in [0.717, 1.165) is 16.8 Å². The van der Waals surface area contributed by atoms with E-state index in [0.29, 0.717) is 6.54 Å². The van der Waals surface area contributed by atoms with E-state index in [-0.39, 0.29) is 18.2 Å². The number of amides is 2. The number of nitrogens with zero attached hydrogens (tertiary/aromatic N) is 1. The monoisotopic (exact) mass is 219 g/mol. The largest absolute Gasteiger partial charge is 0.324 e. The molecule has 0 atom stereocenters. The number of anilines is 1. The first-order valence-electron chi connectivity index (χ1n) is 5.01. The lowest BCUT2D eigenvalue weighted by Crippen LogP contribution is -2.39. The van der Waals surface area contributed by atoms with Gasteiger partial charge >= 0.3 is 0 Å². The Bertz CT molecular complexity index is 457. The van der Waals surface area contributed by atoms with Gasteiger partial charge in [0.1, 0.15) is 0 Å². The predicted octanol–water partition coefficient (Wildman–Crippen LogP) is 0.403. The Hall–Kier alpha value is -1.88. The topological polar surface area (TPSA) is 75.4 Å². The molecule has 1 aliphatic heterocycles. The van der Waals surface area contributed by atoms with Crippen molar-refractivity contribution in [3.05, 3.63) is 29.3 Å². The Morgan fingerprint density at radius 1 is 1.44 bits per heavy atom. The zero-order chi connectivity index (χ0) is 11.7. The first kappa shape index (κ1) is 10.6. The Labute approximate surface area is 93.2 Å². The van der Waals surface area contributed by atoms with Crippen LogP contribution in [-0.2, 0) is 22.6 Å². The summed E-state index contributed by atoms with van der Waals surface area (Å²) in [5.74, 6) is 4.92. The molecular weight excluding hydrogens is 206 g/mol. The standard InChI is InChI=1S/C11H13N3O2/c1-7(15)14-6-8-2-3-10(13-12)4-9(8)5-11(14)16/h2-4,13H,5-6,12H2,1H3. The molecule has 3 N–H and O–H groups in total. The minimum atomic E-state index is -0.211. The van der Waals surface area contributed by atoms with E-state index in [1.165, 1.54) is 11.8 Å². The molecule has 2 amide bonds. The Balaban J connectivity index is 2.35. The third-order valence-electron chi connectivity index (χ3n) is 2.72. The summed E-state index contributed by atoms with van der Waals surface area (Å²) in [6.45, 7) is 1.76. The molecule has 0 bridgehead atoms. The van der Waals surface area contributed by atoms with Crippen molar-refractivity contribution in [2.24, 2.45) is 5.84 Å². The summed E-state index contributed by atoms with van der Waals surface area (Å²) in [5, 5.41) is 0. The van der Waals surface area contributed by atoms with Crippen LogP contribution in [0.25, 0.3) is 0 Å². The van der Waals surface area contributed by atoms with Crippen molar-refractivity contribution in [2.45, 2.75) is 19.9 Å². The summed E-state index contributed by atoms with van der Waals surface area (Å²) in [7, 11) is 0. The number of carbonyl (C=O) groups is 2. The number of carbonyl (C=O) groups excluding carboxylic acids is 2. The highest BCUT2D eigenvalue weighted by Crippen LogP contribution is 2.22. The second-order valence-corrected chi connectivity index (χ2v) is 3.80. The van der Waals surface area contributed by atoms with Crippen molar-refractivity contribution in [1.29, 1.82) is 0 Å². The number of hydrazine groups is 1. The molecule has 16 heavy (non-hydrogen) atoms. The molecule has 0 aliphatic carbocycles. The first-order valence-corrected chi connectivity index (χ1v) is 5.01. The van der Waals surface area contributed by atoms with Gasteiger partial charge in [-0.25, -0.2) is 0 Å². The molecule has 0 saturated heterocycles. The van der Waals surface area contributed by atoms with Gasteiger partial charge in [0.2, 0.25) is 11.8 Å². The lowest BCUT2D eigenvalue weighted by atomic mass is 9.98. The number of nitrogen functional groups attached to an aromatic ring is 1. The number of fused-ring (bicyclic) bond motifs is 1. The highest BCUT2D eigenvalue weighted by Gasteiger charge is 2.25. The van der Waals surface area contributed by atoms with E-state index in [9.17, 15) is 9.59 Å². The molecule has 0 unspecified atom stereocenters. The molecule has 0 radical (unpaired) electrons. The van der Waals surface area contributed by atoms with Crippen molar-refractivity contribution >= 4 is 17.5 Å². The fraction of sp³-hybridized carbons (Fsp3) is 0.273.